The molecule has 2 aromatic carbocycles. The molecule has 1 heterocycles. The lowest BCUT2D eigenvalue weighted by atomic mass is 10.1. The van der Waals surface area contributed by atoms with E-state index in [-0.39, 0.29) is 6.10 Å². The molecule has 1 unspecified atom stereocenters. The Kier molecular flexibility index (Phi) is 2.93. The van der Waals surface area contributed by atoms with Crippen LogP contribution in [0.25, 0.3) is 11.1 Å². The van der Waals surface area contributed by atoms with Gasteiger partial charge in [0.1, 0.15) is 5.52 Å². The third kappa shape index (κ3) is 2.18. The van der Waals surface area contributed by atoms with Gasteiger partial charge in [0, 0.05) is 12.8 Å². The average Bonchev–Trinajstić information content (AvgIpc) is 2.83. The molecule has 4 heteroatoms. The second-order valence-corrected chi connectivity index (χ2v) is 4.31. The third-order valence-corrected chi connectivity index (χ3v) is 2.99. The Bertz CT molecular complexity index is 692. The number of methoxy groups -OCH3 is 1. The lowest BCUT2D eigenvalue weighted by Crippen LogP contribution is -2.03. The first-order valence-corrected chi connectivity index (χ1v) is 6.01. The molecular weight excluding hydrogens is 240 g/mol. The Morgan fingerprint density at radius 1 is 1.16 bits per heavy atom. The summed E-state index contributed by atoms with van der Waals surface area (Å²) in [6, 6.07) is 15.3. The van der Waals surface area contributed by atoms with E-state index in [1.54, 1.807) is 19.2 Å². The molecule has 0 bridgehead atoms. The van der Waals surface area contributed by atoms with Crippen molar-refractivity contribution < 1.29 is 9.15 Å². The molecule has 3 aromatic rings. The number of benzene rings is 2. The number of nitrogens with two attached hydrogens (primary N) is 1. The van der Waals surface area contributed by atoms with Gasteiger partial charge in [-0.1, -0.05) is 30.3 Å². The molecule has 0 amide bonds. The van der Waals surface area contributed by atoms with E-state index in [0.717, 1.165) is 11.1 Å². The van der Waals surface area contributed by atoms with Crippen LogP contribution in [0.4, 0.5) is 5.69 Å². The fraction of sp³-hybridized carbons (Fsp3) is 0.133. The van der Waals surface area contributed by atoms with E-state index in [1.807, 2.05) is 36.4 Å². The first-order chi connectivity index (χ1) is 9.28. The summed E-state index contributed by atoms with van der Waals surface area (Å²) in [5, 5.41) is 0. The number of nitrogens with zero attached hydrogens (tertiary/aromatic N) is 1. The molecule has 0 fully saturated rings. The van der Waals surface area contributed by atoms with Gasteiger partial charge in [0.25, 0.3) is 0 Å². The maximum atomic E-state index is 5.74. The van der Waals surface area contributed by atoms with Gasteiger partial charge in [-0.3, -0.25) is 0 Å². The summed E-state index contributed by atoms with van der Waals surface area (Å²) in [6.07, 6.45) is -0.310. The van der Waals surface area contributed by atoms with Crippen LogP contribution in [0.1, 0.15) is 17.6 Å². The minimum atomic E-state index is -0.310. The van der Waals surface area contributed by atoms with Crippen LogP contribution in [0, 0.1) is 0 Å². The fourth-order valence-corrected chi connectivity index (χ4v) is 2.08. The number of aromatic nitrogens is 1. The highest BCUT2D eigenvalue weighted by molar-refractivity contribution is 5.76. The van der Waals surface area contributed by atoms with Crippen molar-refractivity contribution in [3.63, 3.8) is 0 Å². The van der Waals surface area contributed by atoms with Crippen LogP contribution in [0.2, 0.25) is 0 Å². The van der Waals surface area contributed by atoms with Gasteiger partial charge in [0.2, 0.25) is 5.89 Å². The fourth-order valence-electron chi connectivity index (χ4n) is 2.08. The Hall–Kier alpha value is -2.33. The number of rotatable bonds is 3. The molecule has 0 spiro atoms. The predicted octanol–water partition coefficient (Wildman–Crippen LogP) is 3.15. The smallest absolute Gasteiger partial charge is 0.229 e. The number of anilines is 1. The van der Waals surface area contributed by atoms with Gasteiger partial charge in [-0.2, -0.15) is 0 Å². The number of fused-ring (bicyclic) bond motifs is 1. The molecule has 3 rings (SSSR count). The summed E-state index contributed by atoms with van der Waals surface area (Å²) in [7, 11) is 1.64. The highest BCUT2D eigenvalue weighted by Gasteiger charge is 2.19. The molecule has 0 aliphatic heterocycles. The second kappa shape index (κ2) is 4.74. The van der Waals surface area contributed by atoms with Crippen LogP contribution in [0.3, 0.4) is 0 Å². The van der Waals surface area contributed by atoms with Crippen molar-refractivity contribution in [2.45, 2.75) is 6.10 Å². The molecule has 19 heavy (non-hydrogen) atoms. The number of ether oxygens (including phenoxy) is 1. The van der Waals surface area contributed by atoms with Crippen LogP contribution in [-0.2, 0) is 4.74 Å². The minimum absolute atomic E-state index is 0.310. The summed E-state index contributed by atoms with van der Waals surface area (Å²) >= 11 is 0. The van der Waals surface area contributed by atoms with E-state index < -0.39 is 0 Å². The quantitative estimate of drug-likeness (QED) is 0.729. The molecule has 96 valence electrons. The summed E-state index contributed by atoms with van der Waals surface area (Å²) in [6.45, 7) is 0. The van der Waals surface area contributed by atoms with E-state index in [4.69, 9.17) is 14.9 Å². The standard InChI is InChI=1S/C15H14N2O2/c1-18-14(10-5-3-2-4-6-10)15-17-12-9-11(16)7-8-13(12)19-15/h2-9,14H,16H2,1H3. The Balaban J connectivity index is 2.07. The van der Waals surface area contributed by atoms with Crippen LogP contribution in [0.5, 0.6) is 0 Å². The van der Waals surface area contributed by atoms with Gasteiger partial charge < -0.3 is 14.9 Å². The van der Waals surface area contributed by atoms with Gasteiger partial charge in [0.15, 0.2) is 11.7 Å². The van der Waals surface area contributed by atoms with Gasteiger partial charge in [-0.25, -0.2) is 4.98 Å². The number of hydrogen-bond acceptors (Lipinski definition) is 4. The summed E-state index contributed by atoms with van der Waals surface area (Å²) in [4.78, 5) is 4.45. The molecule has 2 N–H and O–H groups in total. The molecule has 4 nitrogen and oxygen atoms in total. The van der Waals surface area contributed by atoms with E-state index >= 15 is 0 Å². The van der Waals surface area contributed by atoms with Crippen LogP contribution in [0.15, 0.2) is 52.9 Å². The third-order valence-electron chi connectivity index (χ3n) is 2.99. The molecule has 1 aromatic heterocycles. The van der Waals surface area contributed by atoms with Crippen molar-refractivity contribution in [3.8, 4) is 0 Å². The molecule has 0 radical (unpaired) electrons. The molecule has 0 saturated carbocycles. The lowest BCUT2D eigenvalue weighted by Gasteiger charge is -2.11. The summed E-state index contributed by atoms with van der Waals surface area (Å²) in [5.41, 5.74) is 8.87. The molecular formula is C15H14N2O2. The van der Waals surface area contributed by atoms with Crippen molar-refractivity contribution in [1.29, 1.82) is 0 Å². The maximum absolute atomic E-state index is 5.74. The van der Waals surface area contributed by atoms with Crippen molar-refractivity contribution >= 4 is 16.8 Å². The maximum Gasteiger partial charge on any atom is 0.229 e. The molecule has 0 saturated heterocycles. The Morgan fingerprint density at radius 2 is 1.95 bits per heavy atom. The van der Waals surface area contributed by atoms with Crippen molar-refractivity contribution in [1.82, 2.24) is 4.98 Å². The minimum Gasteiger partial charge on any atom is -0.437 e. The topological polar surface area (TPSA) is 61.3 Å². The first kappa shape index (κ1) is 11.7. The SMILES string of the molecule is COC(c1ccccc1)c1nc2cc(N)ccc2o1. The number of nitrogen functional groups attached to an aromatic ring is 1. The molecule has 1 atom stereocenters. The summed E-state index contributed by atoms with van der Waals surface area (Å²) < 4.78 is 11.2. The zero-order chi connectivity index (χ0) is 13.2. The average molecular weight is 254 g/mol. The first-order valence-electron chi connectivity index (χ1n) is 6.01. The van der Waals surface area contributed by atoms with E-state index in [2.05, 4.69) is 4.98 Å². The van der Waals surface area contributed by atoms with Crippen molar-refractivity contribution in [2.75, 3.05) is 12.8 Å². The van der Waals surface area contributed by atoms with Gasteiger partial charge >= 0.3 is 0 Å². The molecule has 0 aliphatic carbocycles. The monoisotopic (exact) mass is 254 g/mol. The Morgan fingerprint density at radius 3 is 2.68 bits per heavy atom. The highest BCUT2D eigenvalue weighted by Crippen LogP contribution is 2.28. The predicted molar refractivity (Wildman–Crippen MR) is 73.7 cm³/mol. The van der Waals surface area contributed by atoms with Crippen molar-refractivity contribution in [3.05, 3.63) is 60.0 Å². The zero-order valence-corrected chi connectivity index (χ0v) is 10.5. The van der Waals surface area contributed by atoms with Crippen LogP contribution < -0.4 is 5.73 Å². The van der Waals surface area contributed by atoms with E-state index in [0.29, 0.717) is 17.2 Å². The molecule has 0 aliphatic rings. The van der Waals surface area contributed by atoms with Crippen LogP contribution in [-0.4, -0.2) is 12.1 Å². The lowest BCUT2D eigenvalue weighted by molar-refractivity contribution is 0.113. The summed E-state index contributed by atoms with van der Waals surface area (Å²) in [5.74, 6) is 0.536. The van der Waals surface area contributed by atoms with Crippen LogP contribution >= 0.6 is 0 Å². The Labute approximate surface area is 110 Å². The van der Waals surface area contributed by atoms with Gasteiger partial charge in [-0.15, -0.1) is 0 Å². The van der Waals surface area contributed by atoms with E-state index in [1.165, 1.54) is 0 Å². The second-order valence-electron chi connectivity index (χ2n) is 4.31. The van der Waals surface area contributed by atoms with E-state index in [9.17, 15) is 0 Å². The normalized spacial score (nSPS) is 12.7. The largest absolute Gasteiger partial charge is 0.437 e. The van der Waals surface area contributed by atoms with Crippen molar-refractivity contribution in [2.24, 2.45) is 0 Å². The number of hydrogen-bond donors (Lipinski definition) is 1. The van der Waals surface area contributed by atoms with Gasteiger partial charge in [-0.05, 0) is 23.8 Å². The zero-order valence-electron chi connectivity index (χ0n) is 10.5. The van der Waals surface area contributed by atoms with Gasteiger partial charge in [0.05, 0.1) is 0 Å². The number of oxazole rings is 1. The highest BCUT2D eigenvalue weighted by atomic mass is 16.5.